The SMILES string of the molecule is COc1nn(C)cc1C(=O)N1CCN(CCNC(=O)Cc2ccc(SC(C)C)cc2)CC1. The number of hydrogen-bond acceptors (Lipinski definition) is 6. The van der Waals surface area contributed by atoms with Crippen LogP contribution in [0.5, 0.6) is 5.88 Å². The Bertz CT molecular complexity index is 905. The van der Waals surface area contributed by atoms with Crippen molar-refractivity contribution >= 4 is 23.6 Å². The molecule has 0 aliphatic carbocycles. The zero-order valence-corrected chi connectivity index (χ0v) is 20.2. The zero-order valence-electron chi connectivity index (χ0n) is 19.3. The molecule has 9 heteroatoms. The second-order valence-electron chi connectivity index (χ2n) is 8.20. The lowest BCUT2D eigenvalue weighted by molar-refractivity contribution is -0.120. The van der Waals surface area contributed by atoms with Gasteiger partial charge < -0.3 is 15.0 Å². The molecule has 0 spiro atoms. The van der Waals surface area contributed by atoms with Gasteiger partial charge in [-0.25, -0.2) is 0 Å². The number of hydrogen-bond donors (Lipinski definition) is 1. The molecule has 1 aliphatic heterocycles. The molecular weight excluding hydrogens is 426 g/mol. The van der Waals surface area contributed by atoms with Crippen LogP contribution in [-0.2, 0) is 18.3 Å². The molecule has 2 amide bonds. The van der Waals surface area contributed by atoms with Gasteiger partial charge in [0.15, 0.2) is 0 Å². The van der Waals surface area contributed by atoms with Crippen LogP contribution in [0.3, 0.4) is 0 Å². The van der Waals surface area contributed by atoms with Gasteiger partial charge in [-0.1, -0.05) is 26.0 Å². The van der Waals surface area contributed by atoms with Gasteiger partial charge >= 0.3 is 0 Å². The number of carbonyl (C=O) groups excluding carboxylic acids is 2. The number of methoxy groups -OCH3 is 1. The van der Waals surface area contributed by atoms with Gasteiger partial charge in [0.25, 0.3) is 5.91 Å². The van der Waals surface area contributed by atoms with E-state index >= 15 is 0 Å². The number of piperazine rings is 1. The van der Waals surface area contributed by atoms with Crippen LogP contribution in [-0.4, -0.2) is 83.0 Å². The fraction of sp³-hybridized carbons (Fsp3) is 0.522. The average Bonchev–Trinajstić information content (AvgIpc) is 3.15. The zero-order chi connectivity index (χ0) is 23.1. The fourth-order valence-electron chi connectivity index (χ4n) is 3.67. The molecule has 0 radical (unpaired) electrons. The first kappa shape index (κ1) is 24.1. The number of rotatable bonds is 9. The highest BCUT2D eigenvalue weighted by atomic mass is 32.2. The van der Waals surface area contributed by atoms with Crippen molar-refractivity contribution in [2.45, 2.75) is 30.4 Å². The number of ether oxygens (including phenoxy) is 1. The highest BCUT2D eigenvalue weighted by Crippen LogP contribution is 2.23. The molecule has 0 saturated carbocycles. The number of benzene rings is 1. The van der Waals surface area contributed by atoms with Crippen molar-refractivity contribution in [2.24, 2.45) is 7.05 Å². The molecule has 0 unspecified atom stereocenters. The number of nitrogens with one attached hydrogen (secondary N) is 1. The van der Waals surface area contributed by atoms with Crippen LogP contribution < -0.4 is 10.1 Å². The summed E-state index contributed by atoms with van der Waals surface area (Å²) in [7, 11) is 3.29. The van der Waals surface area contributed by atoms with Crippen LogP contribution >= 0.6 is 11.8 Å². The van der Waals surface area contributed by atoms with Crippen molar-refractivity contribution in [1.82, 2.24) is 24.9 Å². The Morgan fingerprint density at radius 3 is 2.47 bits per heavy atom. The second kappa shape index (κ2) is 11.4. The first-order chi connectivity index (χ1) is 15.4. The van der Waals surface area contributed by atoms with Crippen LogP contribution in [0.4, 0.5) is 0 Å². The average molecular weight is 460 g/mol. The van der Waals surface area contributed by atoms with Crippen LogP contribution in [0.2, 0.25) is 0 Å². The summed E-state index contributed by atoms with van der Waals surface area (Å²) in [6.45, 7) is 8.55. The van der Waals surface area contributed by atoms with Gasteiger partial charge in [0.05, 0.1) is 13.5 Å². The van der Waals surface area contributed by atoms with Gasteiger partial charge in [-0.05, 0) is 17.7 Å². The molecule has 1 N–H and O–H groups in total. The van der Waals surface area contributed by atoms with Gasteiger partial charge in [-0.2, -0.15) is 0 Å². The highest BCUT2D eigenvalue weighted by Gasteiger charge is 2.26. The lowest BCUT2D eigenvalue weighted by atomic mass is 10.1. The third kappa shape index (κ3) is 6.74. The Morgan fingerprint density at radius 2 is 1.84 bits per heavy atom. The number of carbonyl (C=O) groups is 2. The lowest BCUT2D eigenvalue weighted by Gasteiger charge is -2.34. The summed E-state index contributed by atoms with van der Waals surface area (Å²) in [4.78, 5) is 30.4. The van der Waals surface area contributed by atoms with Crippen molar-refractivity contribution in [3.8, 4) is 5.88 Å². The second-order valence-corrected chi connectivity index (χ2v) is 9.85. The number of aromatic nitrogens is 2. The number of amides is 2. The number of aryl methyl sites for hydroxylation is 1. The Morgan fingerprint density at radius 1 is 1.16 bits per heavy atom. The van der Waals surface area contributed by atoms with E-state index in [4.69, 9.17) is 4.74 Å². The topological polar surface area (TPSA) is 79.7 Å². The maximum absolute atomic E-state index is 12.8. The van der Waals surface area contributed by atoms with E-state index in [-0.39, 0.29) is 11.8 Å². The quantitative estimate of drug-likeness (QED) is 0.578. The Balaban J connectivity index is 1.37. The Hall–Kier alpha value is -2.52. The van der Waals surface area contributed by atoms with Gasteiger partial charge in [0.1, 0.15) is 5.56 Å². The van der Waals surface area contributed by atoms with E-state index in [0.717, 1.165) is 25.2 Å². The Labute approximate surface area is 194 Å². The summed E-state index contributed by atoms with van der Waals surface area (Å²) in [6.07, 6.45) is 2.08. The van der Waals surface area contributed by atoms with Crippen molar-refractivity contribution < 1.29 is 14.3 Å². The van der Waals surface area contributed by atoms with Crippen LogP contribution in [0.15, 0.2) is 35.4 Å². The van der Waals surface area contributed by atoms with E-state index in [0.29, 0.717) is 42.7 Å². The van der Waals surface area contributed by atoms with Crippen molar-refractivity contribution in [3.05, 3.63) is 41.6 Å². The molecule has 1 aromatic heterocycles. The maximum atomic E-state index is 12.8. The Kier molecular flexibility index (Phi) is 8.58. The van der Waals surface area contributed by atoms with Gasteiger partial charge in [-0.15, -0.1) is 16.9 Å². The van der Waals surface area contributed by atoms with Crippen LogP contribution in [0.1, 0.15) is 29.8 Å². The van der Waals surface area contributed by atoms with E-state index < -0.39 is 0 Å². The largest absolute Gasteiger partial charge is 0.479 e. The number of nitrogens with zero attached hydrogens (tertiary/aromatic N) is 4. The van der Waals surface area contributed by atoms with Gasteiger partial charge in [0, 0.05) is 62.7 Å². The minimum Gasteiger partial charge on any atom is -0.479 e. The van der Waals surface area contributed by atoms with Crippen molar-refractivity contribution in [3.63, 3.8) is 0 Å². The molecule has 0 bridgehead atoms. The van der Waals surface area contributed by atoms with E-state index in [9.17, 15) is 9.59 Å². The lowest BCUT2D eigenvalue weighted by Crippen LogP contribution is -2.50. The maximum Gasteiger partial charge on any atom is 0.261 e. The number of thioether (sulfide) groups is 1. The molecule has 1 fully saturated rings. The summed E-state index contributed by atoms with van der Waals surface area (Å²) >= 11 is 1.82. The predicted molar refractivity (Wildman–Crippen MR) is 126 cm³/mol. The fourth-order valence-corrected chi connectivity index (χ4v) is 4.51. The minimum atomic E-state index is -0.0549. The molecule has 8 nitrogen and oxygen atoms in total. The van der Waals surface area contributed by atoms with E-state index in [1.54, 1.807) is 17.9 Å². The van der Waals surface area contributed by atoms with E-state index in [1.807, 2.05) is 28.8 Å². The van der Waals surface area contributed by atoms with Gasteiger partial charge in [-0.3, -0.25) is 19.2 Å². The predicted octanol–water partition coefficient (Wildman–Crippen LogP) is 2.05. The summed E-state index contributed by atoms with van der Waals surface area (Å²) in [5.41, 5.74) is 1.51. The third-order valence-electron chi connectivity index (χ3n) is 5.29. The highest BCUT2D eigenvalue weighted by molar-refractivity contribution is 7.99. The monoisotopic (exact) mass is 459 g/mol. The summed E-state index contributed by atoms with van der Waals surface area (Å²) < 4.78 is 6.79. The molecule has 174 valence electrons. The molecule has 2 heterocycles. The molecule has 1 aromatic carbocycles. The van der Waals surface area contributed by atoms with Gasteiger partial charge in [0.2, 0.25) is 11.8 Å². The third-order valence-corrected chi connectivity index (χ3v) is 6.30. The van der Waals surface area contributed by atoms with Crippen LogP contribution in [0, 0.1) is 0 Å². The first-order valence-electron chi connectivity index (χ1n) is 11.0. The normalized spacial score (nSPS) is 14.6. The molecular formula is C23H33N5O3S. The summed E-state index contributed by atoms with van der Waals surface area (Å²) in [5, 5.41) is 7.71. The molecule has 0 atom stereocenters. The smallest absolute Gasteiger partial charge is 0.261 e. The standard InChI is InChI=1S/C23H33N5O3S/c1-17(2)32-19-7-5-18(6-8-19)15-21(29)24-9-10-27-11-13-28(14-12-27)23(30)20-16-26(3)25-22(20)31-4/h5-8,16-17H,9-15H2,1-4H3,(H,24,29). The van der Waals surface area contributed by atoms with Crippen molar-refractivity contribution in [2.75, 3.05) is 46.4 Å². The molecule has 3 rings (SSSR count). The van der Waals surface area contributed by atoms with E-state index in [1.165, 1.54) is 12.0 Å². The molecule has 1 saturated heterocycles. The molecule has 1 aliphatic rings. The van der Waals surface area contributed by atoms with Crippen LogP contribution in [0.25, 0.3) is 0 Å². The molecule has 2 aromatic rings. The van der Waals surface area contributed by atoms with E-state index in [2.05, 4.69) is 41.3 Å². The minimum absolute atomic E-state index is 0.0340. The first-order valence-corrected chi connectivity index (χ1v) is 11.8. The van der Waals surface area contributed by atoms with Crippen molar-refractivity contribution in [1.29, 1.82) is 0 Å². The molecule has 32 heavy (non-hydrogen) atoms. The summed E-state index contributed by atoms with van der Waals surface area (Å²) in [5.74, 6) is 0.337. The summed E-state index contributed by atoms with van der Waals surface area (Å²) in [6, 6.07) is 8.21.